The highest BCUT2D eigenvalue weighted by molar-refractivity contribution is 6.12. The largest absolute Gasteiger partial charge is 0.456 e. The molecule has 0 spiro atoms. The molecule has 0 atom stereocenters. The normalized spacial score (nSPS) is 12.4. The molecule has 196 valence electrons. The molecule has 0 fully saturated rings. The molecule has 1 aliphatic heterocycles. The van der Waals surface area contributed by atoms with Crippen LogP contribution in [0.15, 0.2) is 138 Å². The van der Waals surface area contributed by atoms with Crippen molar-refractivity contribution in [2.45, 2.75) is 12.8 Å². The topological polar surface area (TPSA) is 34.4 Å². The first kappa shape index (κ1) is 23.6. The van der Waals surface area contributed by atoms with Crippen LogP contribution < -0.4 is 10.1 Å². The van der Waals surface area contributed by atoms with Crippen molar-refractivity contribution >= 4 is 33.3 Å². The summed E-state index contributed by atoms with van der Waals surface area (Å²) in [7, 11) is 0. The summed E-state index contributed by atoms with van der Waals surface area (Å²) in [4.78, 5) is 0. The van der Waals surface area contributed by atoms with Crippen LogP contribution in [0.1, 0.15) is 22.3 Å². The number of ether oxygens (including phenoxy) is 1. The fourth-order valence-corrected chi connectivity index (χ4v) is 6.11. The highest BCUT2D eigenvalue weighted by Crippen LogP contribution is 2.42. The summed E-state index contributed by atoms with van der Waals surface area (Å²) < 4.78 is 13.1. The third-order valence-corrected chi connectivity index (χ3v) is 8.04. The molecular weight excluding hydrogens is 502 g/mol. The van der Waals surface area contributed by atoms with Gasteiger partial charge < -0.3 is 14.5 Å². The van der Waals surface area contributed by atoms with Crippen molar-refractivity contribution in [1.29, 1.82) is 0 Å². The molecule has 0 saturated carbocycles. The maximum absolute atomic E-state index is 6.90. The van der Waals surface area contributed by atoms with E-state index in [1.807, 2.05) is 30.3 Å². The highest BCUT2D eigenvalue weighted by Gasteiger charge is 2.20. The SMILES string of the molecule is c1ccc2c(c1)Cc1ccccc1-c1ccccc1Cc1cccc(Nc3cccc4oc5ccccc5c34)c1O2. The van der Waals surface area contributed by atoms with E-state index in [0.717, 1.165) is 68.8 Å². The summed E-state index contributed by atoms with van der Waals surface area (Å²) in [6, 6.07) is 46.6. The van der Waals surface area contributed by atoms with Crippen molar-refractivity contribution in [2.24, 2.45) is 0 Å². The standard InChI is InChI=1S/C38H27NO2/c1-4-15-29-25(11-1)23-27-13-3-7-20-34(27)41-38-28(24-26-12-2-5-16-30(26)29)14-9-19-33(38)39-32-18-10-22-36-37(32)31-17-6-8-21-35(31)40-36/h1-22,39H,23-24H2. The second kappa shape index (κ2) is 9.72. The van der Waals surface area contributed by atoms with Gasteiger partial charge in [0, 0.05) is 23.8 Å². The zero-order valence-electron chi connectivity index (χ0n) is 22.4. The van der Waals surface area contributed by atoms with Gasteiger partial charge >= 0.3 is 0 Å². The van der Waals surface area contributed by atoms with Crippen LogP contribution in [0.3, 0.4) is 0 Å². The smallest absolute Gasteiger partial charge is 0.154 e. The number of anilines is 2. The third-order valence-electron chi connectivity index (χ3n) is 8.04. The van der Waals surface area contributed by atoms with Gasteiger partial charge in [0.25, 0.3) is 0 Å². The lowest BCUT2D eigenvalue weighted by Crippen LogP contribution is -2.01. The van der Waals surface area contributed by atoms with E-state index in [-0.39, 0.29) is 0 Å². The van der Waals surface area contributed by atoms with Crippen LogP contribution in [0.25, 0.3) is 33.1 Å². The van der Waals surface area contributed by atoms with Gasteiger partial charge in [-0.2, -0.15) is 0 Å². The molecule has 0 amide bonds. The third kappa shape index (κ3) is 4.14. The fourth-order valence-electron chi connectivity index (χ4n) is 6.11. The molecule has 8 rings (SSSR count). The van der Waals surface area contributed by atoms with Crippen molar-refractivity contribution in [3.63, 3.8) is 0 Å². The molecule has 0 saturated heterocycles. The van der Waals surface area contributed by atoms with Gasteiger partial charge in [0.1, 0.15) is 16.9 Å². The van der Waals surface area contributed by atoms with E-state index < -0.39 is 0 Å². The molecule has 1 aromatic heterocycles. The zero-order valence-corrected chi connectivity index (χ0v) is 22.4. The van der Waals surface area contributed by atoms with Gasteiger partial charge in [-0.25, -0.2) is 0 Å². The quantitative estimate of drug-likeness (QED) is 0.242. The lowest BCUT2D eigenvalue weighted by Gasteiger charge is -2.19. The summed E-state index contributed by atoms with van der Waals surface area (Å²) in [6.07, 6.45) is 1.53. The Morgan fingerprint density at radius 1 is 0.463 bits per heavy atom. The zero-order chi connectivity index (χ0) is 27.2. The molecule has 0 aliphatic carbocycles. The maximum Gasteiger partial charge on any atom is 0.154 e. The molecule has 1 N–H and O–H groups in total. The van der Waals surface area contributed by atoms with Gasteiger partial charge in [-0.3, -0.25) is 0 Å². The van der Waals surface area contributed by atoms with Crippen LogP contribution in [0.2, 0.25) is 0 Å². The van der Waals surface area contributed by atoms with E-state index in [9.17, 15) is 0 Å². The van der Waals surface area contributed by atoms with Crippen molar-refractivity contribution < 1.29 is 9.15 Å². The van der Waals surface area contributed by atoms with Crippen LogP contribution >= 0.6 is 0 Å². The summed E-state index contributed by atoms with van der Waals surface area (Å²) in [6.45, 7) is 0. The van der Waals surface area contributed by atoms with Gasteiger partial charge in [0.2, 0.25) is 0 Å². The van der Waals surface area contributed by atoms with E-state index in [2.05, 4.69) is 108 Å². The van der Waals surface area contributed by atoms with Gasteiger partial charge in [0.15, 0.2) is 5.75 Å². The highest BCUT2D eigenvalue weighted by atomic mass is 16.5. The first-order chi connectivity index (χ1) is 20.3. The van der Waals surface area contributed by atoms with E-state index in [1.54, 1.807) is 0 Å². The van der Waals surface area contributed by atoms with E-state index >= 15 is 0 Å². The summed E-state index contributed by atoms with van der Waals surface area (Å²) in [5.74, 6) is 1.71. The van der Waals surface area contributed by atoms with Crippen molar-refractivity contribution in [3.8, 4) is 22.6 Å². The Labute approximate surface area is 238 Å². The van der Waals surface area contributed by atoms with Gasteiger partial charge in [0.05, 0.1) is 16.8 Å². The lowest BCUT2D eigenvalue weighted by atomic mass is 9.90. The molecule has 7 aromatic rings. The monoisotopic (exact) mass is 529 g/mol. The minimum absolute atomic E-state index is 0.746. The average molecular weight is 530 g/mol. The lowest BCUT2D eigenvalue weighted by molar-refractivity contribution is 0.474. The van der Waals surface area contributed by atoms with Gasteiger partial charge in [-0.15, -0.1) is 0 Å². The first-order valence-electron chi connectivity index (χ1n) is 14.0. The molecule has 0 unspecified atom stereocenters. The molecule has 41 heavy (non-hydrogen) atoms. The number of furan rings is 1. The van der Waals surface area contributed by atoms with E-state index in [1.165, 1.54) is 22.3 Å². The maximum atomic E-state index is 6.90. The number of para-hydroxylation sites is 3. The molecule has 0 radical (unpaired) electrons. The first-order valence-corrected chi connectivity index (χ1v) is 14.0. The second-order valence-electron chi connectivity index (χ2n) is 10.6. The predicted molar refractivity (Wildman–Crippen MR) is 167 cm³/mol. The molecule has 3 nitrogen and oxygen atoms in total. The van der Waals surface area contributed by atoms with Crippen molar-refractivity contribution in [3.05, 3.63) is 156 Å². The van der Waals surface area contributed by atoms with Crippen LogP contribution in [0.4, 0.5) is 11.4 Å². The number of fused-ring (bicyclic) bond motifs is 8. The number of rotatable bonds is 2. The van der Waals surface area contributed by atoms with Gasteiger partial charge in [-0.05, 0) is 58.1 Å². The number of hydrogen-bond acceptors (Lipinski definition) is 3. The fraction of sp³-hybridized carbons (Fsp3) is 0.0526. The molecule has 1 aliphatic rings. The van der Waals surface area contributed by atoms with E-state index in [4.69, 9.17) is 9.15 Å². The van der Waals surface area contributed by atoms with Crippen LogP contribution in [0.5, 0.6) is 11.5 Å². The number of benzene rings is 6. The molecule has 0 bridgehead atoms. The Hall–Kier alpha value is -5.28. The number of hydrogen-bond donors (Lipinski definition) is 1. The average Bonchev–Trinajstić information content (AvgIpc) is 3.39. The number of nitrogens with one attached hydrogen (secondary N) is 1. The van der Waals surface area contributed by atoms with Crippen LogP contribution in [0, 0.1) is 0 Å². The Morgan fingerprint density at radius 3 is 1.88 bits per heavy atom. The molecule has 2 heterocycles. The van der Waals surface area contributed by atoms with E-state index in [0.29, 0.717) is 0 Å². The minimum atomic E-state index is 0.746. The molecule has 6 aromatic carbocycles. The second-order valence-corrected chi connectivity index (χ2v) is 10.6. The summed E-state index contributed by atoms with van der Waals surface area (Å²) >= 11 is 0. The Bertz CT molecular complexity index is 2070. The Balaban J connectivity index is 1.32. The molecular formula is C38H27NO2. The van der Waals surface area contributed by atoms with Crippen molar-refractivity contribution in [1.82, 2.24) is 0 Å². The van der Waals surface area contributed by atoms with Crippen LogP contribution in [-0.2, 0) is 12.8 Å². The van der Waals surface area contributed by atoms with Crippen molar-refractivity contribution in [2.75, 3.05) is 5.32 Å². The van der Waals surface area contributed by atoms with Crippen LogP contribution in [-0.4, -0.2) is 0 Å². The summed E-state index contributed by atoms with van der Waals surface area (Å²) in [5, 5.41) is 5.90. The predicted octanol–water partition coefficient (Wildman–Crippen LogP) is 10.3. The Morgan fingerprint density at radius 2 is 1.05 bits per heavy atom. The van der Waals surface area contributed by atoms with Gasteiger partial charge in [-0.1, -0.05) is 103 Å². The minimum Gasteiger partial charge on any atom is -0.456 e. The summed E-state index contributed by atoms with van der Waals surface area (Å²) in [5.41, 5.74) is 11.0. The molecule has 3 heteroatoms. The Kier molecular flexibility index (Phi) is 5.60.